The first-order valence-corrected chi connectivity index (χ1v) is 21.6. The lowest BCUT2D eigenvalue weighted by Gasteiger charge is -2.22. The Balaban J connectivity index is 0.791. The van der Waals surface area contributed by atoms with Crippen LogP contribution in [-0.4, -0.2) is 102 Å². The molecule has 0 aliphatic rings. The van der Waals surface area contributed by atoms with E-state index in [-0.39, 0.29) is 12.1 Å². The maximum Gasteiger partial charge on any atom is 0.317 e. The average Bonchev–Trinajstić information content (AvgIpc) is 3.35. The summed E-state index contributed by atoms with van der Waals surface area (Å²) in [6.07, 6.45) is 0. The van der Waals surface area contributed by atoms with Gasteiger partial charge < -0.3 is 48.9 Å². The molecule has 6 aromatic carbocycles. The SMILES string of the molecule is CNC(=O)N(CCOc1ccc(-c2ccc(OCCOCCOCCOc3ccc(-c4ccc(OCCN(Cc5ccccc5)C(=O)NC)cc4)cc3)cc2)cc1)Cc1ccccc1. The molecule has 0 bridgehead atoms. The fraction of sp³-hybridized carbons (Fsp3) is 0.269. The molecule has 334 valence electrons. The second kappa shape index (κ2) is 25.8. The highest BCUT2D eigenvalue weighted by molar-refractivity contribution is 5.74. The van der Waals surface area contributed by atoms with Crippen LogP contribution in [0.25, 0.3) is 22.3 Å². The number of amides is 4. The molecule has 0 aromatic heterocycles. The molecular formula is C52H58N4O8. The van der Waals surface area contributed by atoms with Crippen LogP contribution >= 0.6 is 0 Å². The van der Waals surface area contributed by atoms with Crippen molar-refractivity contribution in [2.24, 2.45) is 0 Å². The third kappa shape index (κ3) is 15.4. The van der Waals surface area contributed by atoms with Gasteiger partial charge in [0.15, 0.2) is 0 Å². The van der Waals surface area contributed by atoms with E-state index in [1.165, 1.54) is 0 Å². The predicted octanol–water partition coefficient (Wildman–Crippen LogP) is 8.95. The number of urea groups is 2. The number of nitrogens with zero attached hydrogens (tertiary/aromatic N) is 2. The van der Waals surface area contributed by atoms with E-state index < -0.39 is 0 Å². The number of hydrogen-bond acceptors (Lipinski definition) is 8. The maximum atomic E-state index is 12.4. The van der Waals surface area contributed by atoms with Gasteiger partial charge in [-0.05, 0) is 81.9 Å². The summed E-state index contributed by atoms with van der Waals surface area (Å²) in [5, 5.41) is 5.42. The highest BCUT2D eigenvalue weighted by atomic mass is 16.6. The molecule has 6 rings (SSSR count). The Morgan fingerprint density at radius 2 is 0.656 bits per heavy atom. The van der Waals surface area contributed by atoms with Gasteiger partial charge in [0.25, 0.3) is 0 Å². The van der Waals surface area contributed by atoms with Crippen molar-refractivity contribution in [1.29, 1.82) is 0 Å². The number of ether oxygens (including phenoxy) is 6. The van der Waals surface area contributed by atoms with E-state index in [2.05, 4.69) is 10.6 Å². The summed E-state index contributed by atoms with van der Waals surface area (Å²) in [4.78, 5) is 28.2. The van der Waals surface area contributed by atoms with Crippen LogP contribution in [0.3, 0.4) is 0 Å². The van der Waals surface area contributed by atoms with Gasteiger partial charge in [-0.15, -0.1) is 0 Å². The van der Waals surface area contributed by atoms with E-state index in [0.717, 1.165) is 56.4 Å². The first-order chi connectivity index (χ1) is 31.5. The molecule has 2 N–H and O–H groups in total. The Bertz CT molecular complexity index is 2080. The number of carbonyl (C=O) groups excluding carboxylic acids is 2. The minimum atomic E-state index is -0.139. The van der Waals surface area contributed by atoms with E-state index in [4.69, 9.17) is 28.4 Å². The van der Waals surface area contributed by atoms with Crippen LogP contribution in [0.4, 0.5) is 9.59 Å². The van der Waals surface area contributed by atoms with E-state index >= 15 is 0 Å². The first-order valence-electron chi connectivity index (χ1n) is 21.6. The number of rotatable bonds is 25. The van der Waals surface area contributed by atoms with Crippen molar-refractivity contribution in [1.82, 2.24) is 20.4 Å². The Morgan fingerprint density at radius 1 is 0.375 bits per heavy atom. The summed E-state index contributed by atoms with van der Waals surface area (Å²) in [5.74, 6) is 3.03. The molecule has 0 fully saturated rings. The number of benzene rings is 6. The molecule has 0 radical (unpaired) electrons. The van der Waals surface area contributed by atoms with Gasteiger partial charge in [-0.2, -0.15) is 0 Å². The van der Waals surface area contributed by atoms with E-state index in [9.17, 15) is 9.59 Å². The molecule has 6 aromatic rings. The lowest BCUT2D eigenvalue weighted by atomic mass is 10.1. The Hall–Kier alpha value is -7.02. The van der Waals surface area contributed by atoms with Crippen molar-refractivity contribution >= 4 is 12.1 Å². The van der Waals surface area contributed by atoms with E-state index in [1.54, 1.807) is 23.9 Å². The molecule has 12 nitrogen and oxygen atoms in total. The highest BCUT2D eigenvalue weighted by Crippen LogP contribution is 2.26. The molecule has 0 saturated carbocycles. The first kappa shape index (κ1) is 46.5. The van der Waals surface area contributed by atoms with Crippen molar-refractivity contribution in [3.8, 4) is 45.3 Å². The minimum Gasteiger partial charge on any atom is -0.492 e. The molecule has 0 atom stereocenters. The molecule has 0 aliphatic heterocycles. The molecule has 0 spiro atoms. The second-order valence-corrected chi connectivity index (χ2v) is 14.6. The number of carbonyl (C=O) groups is 2. The molecule has 0 aliphatic carbocycles. The van der Waals surface area contributed by atoms with Gasteiger partial charge >= 0.3 is 12.1 Å². The van der Waals surface area contributed by atoms with Gasteiger partial charge in [0, 0.05) is 27.2 Å². The normalized spacial score (nSPS) is 10.7. The smallest absolute Gasteiger partial charge is 0.317 e. The number of nitrogens with one attached hydrogen (secondary N) is 2. The topological polar surface area (TPSA) is 120 Å². The average molecular weight is 867 g/mol. The lowest BCUT2D eigenvalue weighted by molar-refractivity contribution is 0.0273. The van der Waals surface area contributed by atoms with Crippen molar-refractivity contribution in [3.63, 3.8) is 0 Å². The van der Waals surface area contributed by atoms with Crippen molar-refractivity contribution < 1.29 is 38.0 Å². The third-order valence-corrected chi connectivity index (χ3v) is 10.1. The highest BCUT2D eigenvalue weighted by Gasteiger charge is 2.14. The summed E-state index contributed by atoms with van der Waals surface area (Å²) in [6.45, 7) is 5.39. The van der Waals surface area contributed by atoms with Crippen LogP contribution in [0.15, 0.2) is 158 Å². The molecule has 12 heteroatoms. The van der Waals surface area contributed by atoms with Crippen LogP contribution < -0.4 is 29.6 Å². The van der Waals surface area contributed by atoms with E-state index in [1.807, 2.05) is 158 Å². The maximum absolute atomic E-state index is 12.4. The van der Waals surface area contributed by atoms with Crippen LogP contribution in [0.5, 0.6) is 23.0 Å². The van der Waals surface area contributed by atoms with Gasteiger partial charge in [0.1, 0.15) is 49.4 Å². The quantitative estimate of drug-likeness (QED) is 0.0548. The third-order valence-electron chi connectivity index (χ3n) is 10.1. The summed E-state index contributed by atoms with van der Waals surface area (Å²) in [7, 11) is 3.27. The minimum absolute atomic E-state index is 0.139. The van der Waals surface area contributed by atoms with Gasteiger partial charge in [0.2, 0.25) is 0 Å². The monoisotopic (exact) mass is 866 g/mol. The van der Waals surface area contributed by atoms with Crippen LogP contribution in [-0.2, 0) is 22.6 Å². The summed E-state index contributed by atoms with van der Waals surface area (Å²) in [5.41, 5.74) is 6.38. The second-order valence-electron chi connectivity index (χ2n) is 14.6. The van der Waals surface area contributed by atoms with Crippen molar-refractivity contribution in [2.75, 3.05) is 80.0 Å². The lowest BCUT2D eigenvalue weighted by Crippen LogP contribution is -2.40. The van der Waals surface area contributed by atoms with Crippen molar-refractivity contribution in [3.05, 3.63) is 169 Å². The fourth-order valence-corrected chi connectivity index (χ4v) is 6.71. The zero-order valence-electron chi connectivity index (χ0n) is 36.7. The summed E-state index contributed by atoms with van der Waals surface area (Å²) < 4.78 is 35.0. The van der Waals surface area contributed by atoms with Gasteiger partial charge in [-0.25, -0.2) is 9.59 Å². The molecule has 64 heavy (non-hydrogen) atoms. The predicted molar refractivity (Wildman–Crippen MR) is 250 cm³/mol. The van der Waals surface area contributed by atoms with Crippen LogP contribution in [0.1, 0.15) is 11.1 Å². The van der Waals surface area contributed by atoms with Gasteiger partial charge in [-0.3, -0.25) is 0 Å². The number of hydrogen-bond donors (Lipinski definition) is 2. The van der Waals surface area contributed by atoms with E-state index in [0.29, 0.717) is 79.0 Å². The zero-order chi connectivity index (χ0) is 44.6. The summed E-state index contributed by atoms with van der Waals surface area (Å²) in [6, 6.07) is 51.3. The molecule has 0 heterocycles. The Morgan fingerprint density at radius 3 is 0.953 bits per heavy atom. The Kier molecular flexibility index (Phi) is 18.7. The standard InChI is InChI=1S/C52H58N4O8/c1-53-51(57)55(39-41-9-5-3-6-10-41)29-31-61-47-21-13-43(14-22-47)45-17-25-49(26-18-45)63-37-35-59-33-34-60-36-38-64-50-27-19-46(20-28-50)44-15-23-48(24-16-44)62-32-30-56(52(58)54-2)40-42-11-7-4-8-12-42/h3-28H,29-40H2,1-2H3,(H,53,57)(H,54,58). The molecule has 0 unspecified atom stereocenters. The molecular weight excluding hydrogens is 809 g/mol. The van der Waals surface area contributed by atoms with Gasteiger partial charge in [0.05, 0.1) is 39.5 Å². The van der Waals surface area contributed by atoms with Gasteiger partial charge in [-0.1, -0.05) is 109 Å². The zero-order valence-corrected chi connectivity index (χ0v) is 36.7. The van der Waals surface area contributed by atoms with Crippen LogP contribution in [0.2, 0.25) is 0 Å². The fourth-order valence-electron chi connectivity index (χ4n) is 6.71. The Labute approximate surface area is 376 Å². The largest absolute Gasteiger partial charge is 0.492 e. The van der Waals surface area contributed by atoms with Crippen LogP contribution in [0, 0.1) is 0 Å². The molecule has 4 amide bonds. The molecule has 0 saturated heterocycles. The summed E-state index contributed by atoms with van der Waals surface area (Å²) >= 11 is 0. The van der Waals surface area contributed by atoms with Crippen molar-refractivity contribution in [2.45, 2.75) is 13.1 Å².